The number of rotatable bonds is 4. The molecule has 1 atom stereocenters. The maximum Gasteiger partial charge on any atom is 0.317 e. The first-order valence-corrected chi connectivity index (χ1v) is 9.60. The minimum absolute atomic E-state index is 0.0189. The topological polar surface area (TPSA) is 48.5 Å². The second kappa shape index (κ2) is 7.43. The average molecular weight is 334 g/mol. The van der Waals surface area contributed by atoms with E-state index in [1.54, 1.807) is 0 Å². The first-order chi connectivity index (χ1) is 11.1. The van der Waals surface area contributed by atoms with Gasteiger partial charge in [0, 0.05) is 49.7 Å². The number of nitrogens with zero attached hydrogens (tertiary/aromatic N) is 3. The van der Waals surface area contributed by atoms with Crippen LogP contribution in [-0.2, 0) is 6.54 Å². The van der Waals surface area contributed by atoms with E-state index in [9.17, 15) is 4.79 Å². The number of amides is 2. The van der Waals surface area contributed by atoms with Crippen LogP contribution in [0.2, 0.25) is 0 Å². The summed E-state index contributed by atoms with van der Waals surface area (Å²) in [5.41, 5.74) is 2.14. The summed E-state index contributed by atoms with van der Waals surface area (Å²) in [6, 6.07) is 4.51. The lowest BCUT2D eigenvalue weighted by Gasteiger charge is -2.25. The summed E-state index contributed by atoms with van der Waals surface area (Å²) < 4.78 is 0. The number of anilines is 1. The van der Waals surface area contributed by atoms with Crippen molar-refractivity contribution in [1.29, 1.82) is 0 Å². The van der Waals surface area contributed by atoms with Crippen LogP contribution in [0.5, 0.6) is 0 Å². The zero-order valence-corrected chi connectivity index (χ0v) is 14.9. The molecular formula is C17H26N4OS. The second-order valence-corrected chi connectivity index (χ2v) is 7.57. The first-order valence-electron chi connectivity index (χ1n) is 8.45. The number of carbonyl (C=O) groups is 1. The summed E-state index contributed by atoms with van der Waals surface area (Å²) in [7, 11) is 1.90. The first kappa shape index (κ1) is 16.4. The molecule has 1 aromatic rings. The van der Waals surface area contributed by atoms with Crippen LogP contribution in [0.4, 0.5) is 10.6 Å². The van der Waals surface area contributed by atoms with Crippen LogP contribution in [0.1, 0.15) is 30.5 Å². The van der Waals surface area contributed by atoms with Gasteiger partial charge in [-0.25, -0.2) is 9.78 Å². The molecule has 23 heavy (non-hydrogen) atoms. The highest BCUT2D eigenvalue weighted by Crippen LogP contribution is 2.24. The highest BCUT2D eigenvalue weighted by atomic mass is 32.2. The van der Waals surface area contributed by atoms with Gasteiger partial charge in [-0.15, -0.1) is 0 Å². The van der Waals surface area contributed by atoms with Crippen molar-refractivity contribution in [3.8, 4) is 0 Å². The third-order valence-electron chi connectivity index (χ3n) is 4.70. The van der Waals surface area contributed by atoms with E-state index in [0.717, 1.165) is 48.1 Å². The van der Waals surface area contributed by atoms with Crippen LogP contribution in [0.3, 0.4) is 0 Å². The largest absolute Gasteiger partial charge is 0.356 e. The van der Waals surface area contributed by atoms with Gasteiger partial charge in [-0.2, -0.15) is 11.8 Å². The summed E-state index contributed by atoms with van der Waals surface area (Å²) in [5.74, 6) is 3.25. The van der Waals surface area contributed by atoms with Crippen molar-refractivity contribution >= 4 is 23.6 Å². The molecule has 2 aliphatic rings. The normalized spacial score (nSPS) is 20.8. The highest BCUT2D eigenvalue weighted by molar-refractivity contribution is 7.99. The molecule has 2 aliphatic heterocycles. The maximum atomic E-state index is 12.4. The Kier molecular flexibility index (Phi) is 5.30. The predicted octanol–water partition coefficient (Wildman–Crippen LogP) is 2.64. The van der Waals surface area contributed by atoms with E-state index >= 15 is 0 Å². The van der Waals surface area contributed by atoms with Gasteiger partial charge in [0.15, 0.2) is 0 Å². The molecule has 2 amide bonds. The molecule has 6 heteroatoms. The molecule has 5 nitrogen and oxygen atoms in total. The Balaban J connectivity index is 1.64. The van der Waals surface area contributed by atoms with Crippen LogP contribution in [0.15, 0.2) is 12.1 Å². The van der Waals surface area contributed by atoms with Crippen LogP contribution < -0.4 is 10.2 Å². The number of pyridine rings is 1. The summed E-state index contributed by atoms with van der Waals surface area (Å²) in [4.78, 5) is 21.3. The van der Waals surface area contributed by atoms with Crippen molar-refractivity contribution in [2.24, 2.45) is 0 Å². The smallest absolute Gasteiger partial charge is 0.317 e. The van der Waals surface area contributed by atoms with Gasteiger partial charge in [-0.3, -0.25) is 0 Å². The lowest BCUT2D eigenvalue weighted by molar-refractivity contribution is 0.195. The number of nitrogens with one attached hydrogen (secondary N) is 1. The van der Waals surface area contributed by atoms with Crippen LogP contribution >= 0.6 is 11.8 Å². The molecule has 0 radical (unpaired) electrons. The number of hydrogen-bond donors (Lipinski definition) is 1. The third-order valence-corrected chi connectivity index (χ3v) is 5.85. The minimum Gasteiger partial charge on any atom is -0.356 e. The Morgan fingerprint density at radius 1 is 1.43 bits per heavy atom. The summed E-state index contributed by atoms with van der Waals surface area (Å²) in [5, 5.41) is 3.07. The molecular weight excluding hydrogens is 308 g/mol. The van der Waals surface area contributed by atoms with E-state index in [1.807, 2.05) is 36.7 Å². The van der Waals surface area contributed by atoms with Crippen molar-refractivity contribution in [2.75, 3.05) is 36.5 Å². The minimum atomic E-state index is 0.0189. The van der Waals surface area contributed by atoms with Gasteiger partial charge in [-0.1, -0.05) is 6.07 Å². The third kappa shape index (κ3) is 3.91. The molecule has 0 bridgehead atoms. The van der Waals surface area contributed by atoms with Gasteiger partial charge in [0.1, 0.15) is 5.82 Å². The van der Waals surface area contributed by atoms with Crippen molar-refractivity contribution < 1.29 is 4.79 Å². The fourth-order valence-corrected chi connectivity index (χ4v) is 4.47. The van der Waals surface area contributed by atoms with E-state index < -0.39 is 0 Å². The Morgan fingerprint density at radius 2 is 2.22 bits per heavy atom. The predicted molar refractivity (Wildman–Crippen MR) is 96.1 cm³/mol. The summed E-state index contributed by atoms with van der Waals surface area (Å²) in [6.45, 7) is 4.70. The lowest BCUT2D eigenvalue weighted by atomic mass is 10.2. The van der Waals surface area contributed by atoms with Crippen molar-refractivity contribution in [3.05, 3.63) is 23.4 Å². The number of thioether (sulfide) groups is 1. The molecule has 1 unspecified atom stereocenters. The monoisotopic (exact) mass is 334 g/mol. The molecule has 126 valence electrons. The van der Waals surface area contributed by atoms with Gasteiger partial charge in [0.05, 0.1) is 0 Å². The number of aryl methyl sites for hydroxylation is 1. The maximum absolute atomic E-state index is 12.4. The van der Waals surface area contributed by atoms with E-state index in [0.29, 0.717) is 12.6 Å². The Hall–Kier alpha value is -1.43. The molecule has 2 fully saturated rings. The second-order valence-electron chi connectivity index (χ2n) is 6.42. The molecule has 3 heterocycles. The van der Waals surface area contributed by atoms with E-state index in [2.05, 4.69) is 16.3 Å². The quantitative estimate of drug-likeness (QED) is 0.920. The van der Waals surface area contributed by atoms with Crippen LogP contribution in [-0.4, -0.2) is 53.6 Å². The molecule has 3 rings (SSSR count). The van der Waals surface area contributed by atoms with Crippen molar-refractivity contribution in [2.45, 2.75) is 38.8 Å². The fraction of sp³-hybridized carbons (Fsp3) is 0.647. The Bertz CT molecular complexity index is 554. The average Bonchev–Trinajstić information content (AvgIpc) is 3.25. The summed E-state index contributed by atoms with van der Waals surface area (Å²) >= 11 is 1.92. The zero-order chi connectivity index (χ0) is 16.2. The molecule has 2 saturated heterocycles. The Morgan fingerprint density at radius 3 is 2.91 bits per heavy atom. The molecule has 0 aromatic carbocycles. The fourth-order valence-electron chi connectivity index (χ4n) is 3.20. The van der Waals surface area contributed by atoms with E-state index in [-0.39, 0.29) is 6.03 Å². The highest BCUT2D eigenvalue weighted by Gasteiger charge is 2.24. The van der Waals surface area contributed by atoms with Crippen LogP contribution in [0, 0.1) is 6.92 Å². The molecule has 0 aliphatic carbocycles. The van der Waals surface area contributed by atoms with Gasteiger partial charge < -0.3 is 15.1 Å². The van der Waals surface area contributed by atoms with Crippen LogP contribution in [0.25, 0.3) is 0 Å². The van der Waals surface area contributed by atoms with Crippen molar-refractivity contribution in [1.82, 2.24) is 15.2 Å². The lowest BCUT2D eigenvalue weighted by Crippen LogP contribution is -2.43. The van der Waals surface area contributed by atoms with Crippen molar-refractivity contribution in [3.63, 3.8) is 0 Å². The SMILES string of the molecule is Cc1ccc(CNC(=O)N(C)C2CCSC2)c(N2CCCC2)n1. The number of hydrogen-bond acceptors (Lipinski definition) is 4. The van der Waals surface area contributed by atoms with Gasteiger partial charge in [0.25, 0.3) is 0 Å². The molecule has 1 N–H and O–H groups in total. The number of carbonyl (C=O) groups excluding carboxylic acids is 1. The van der Waals surface area contributed by atoms with Gasteiger partial charge in [-0.05, 0) is 38.0 Å². The standard InChI is InChI=1S/C17H26N4OS/c1-13-5-6-14(16(19-13)21-8-3-4-9-21)11-18-17(22)20(2)15-7-10-23-12-15/h5-6,15H,3-4,7-12H2,1-2H3,(H,18,22). The van der Waals surface area contributed by atoms with Gasteiger partial charge >= 0.3 is 6.03 Å². The zero-order valence-electron chi connectivity index (χ0n) is 14.0. The number of urea groups is 1. The molecule has 0 spiro atoms. The number of aromatic nitrogens is 1. The summed E-state index contributed by atoms with van der Waals surface area (Å²) in [6.07, 6.45) is 3.55. The van der Waals surface area contributed by atoms with E-state index in [4.69, 9.17) is 4.98 Å². The molecule has 0 saturated carbocycles. The molecule has 1 aromatic heterocycles. The van der Waals surface area contributed by atoms with E-state index in [1.165, 1.54) is 12.8 Å². The van der Waals surface area contributed by atoms with Gasteiger partial charge in [0.2, 0.25) is 0 Å². The Labute approximate surface area is 142 Å².